The zero-order valence-corrected chi connectivity index (χ0v) is 30.4. The topological polar surface area (TPSA) is 8.17 Å². The molecule has 256 valence electrons. The number of nitrogens with zero attached hydrogens (tertiary/aromatic N) is 2. The molecule has 2 nitrogen and oxygen atoms in total. The highest BCUT2D eigenvalue weighted by Crippen LogP contribution is 2.44. The SMILES string of the molecule is Cc1ccc(-c2c3ccccc3c(-c3ccc(-n4c5ccccc5c5cc(N(c6ccccc6)c6ccc(C)cc6)ccc54)cc3)c3ccccc23)cc1. The highest BCUT2D eigenvalue weighted by molar-refractivity contribution is 6.21. The Hall–Kier alpha value is -6.90. The van der Waals surface area contributed by atoms with Crippen molar-refractivity contribution >= 4 is 60.4 Å². The minimum absolute atomic E-state index is 1.13. The van der Waals surface area contributed by atoms with Gasteiger partial charge in [0.2, 0.25) is 0 Å². The molecule has 0 saturated heterocycles. The van der Waals surface area contributed by atoms with Crippen LogP contribution in [-0.4, -0.2) is 4.57 Å². The van der Waals surface area contributed by atoms with Crippen molar-refractivity contribution in [2.24, 2.45) is 0 Å². The summed E-state index contributed by atoms with van der Waals surface area (Å²) >= 11 is 0. The van der Waals surface area contributed by atoms with E-state index in [-0.39, 0.29) is 0 Å². The van der Waals surface area contributed by atoms with Crippen LogP contribution >= 0.6 is 0 Å². The molecule has 0 N–H and O–H groups in total. The lowest BCUT2D eigenvalue weighted by Gasteiger charge is -2.25. The van der Waals surface area contributed by atoms with Crippen LogP contribution in [0.5, 0.6) is 0 Å². The molecule has 0 bridgehead atoms. The molecule has 0 aliphatic heterocycles. The van der Waals surface area contributed by atoms with Gasteiger partial charge in [0.25, 0.3) is 0 Å². The number of rotatable bonds is 6. The first-order chi connectivity index (χ1) is 26.6. The van der Waals surface area contributed by atoms with Crippen molar-refractivity contribution in [1.29, 1.82) is 0 Å². The van der Waals surface area contributed by atoms with Crippen molar-refractivity contribution in [2.75, 3.05) is 4.90 Å². The molecule has 54 heavy (non-hydrogen) atoms. The molecule has 10 aromatic rings. The summed E-state index contributed by atoms with van der Waals surface area (Å²) in [5.41, 5.74) is 14.4. The maximum Gasteiger partial charge on any atom is 0.0542 e. The highest BCUT2D eigenvalue weighted by atomic mass is 15.1. The molecule has 0 atom stereocenters. The predicted molar refractivity (Wildman–Crippen MR) is 231 cm³/mol. The van der Waals surface area contributed by atoms with Gasteiger partial charge in [-0.2, -0.15) is 0 Å². The maximum absolute atomic E-state index is 2.41. The molecule has 0 fully saturated rings. The third-order valence-electron chi connectivity index (χ3n) is 10.9. The van der Waals surface area contributed by atoms with Crippen LogP contribution in [0.15, 0.2) is 194 Å². The molecule has 0 aliphatic rings. The molecular weight excluding hydrogens is 653 g/mol. The van der Waals surface area contributed by atoms with E-state index in [1.54, 1.807) is 0 Å². The van der Waals surface area contributed by atoms with Gasteiger partial charge in [-0.1, -0.05) is 145 Å². The van der Waals surface area contributed by atoms with E-state index >= 15 is 0 Å². The summed E-state index contributed by atoms with van der Waals surface area (Å²) in [5, 5.41) is 7.53. The van der Waals surface area contributed by atoms with Gasteiger partial charge in [-0.05, 0) is 118 Å². The number of benzene rings is 9. The van der Waals surface area contributed by atoms with Gasteiger partial charge in [0.15, 0.2) is 0 Å². The average Bonchev–Trinajstić information content (AvgIpc) is 3.55. The summed E-state index contributed by atoms with van der Waals surface area (Å²) < 4.78 is 2.41. The molecule has 1 aromatic heterocycles. The Bertz CT molecular complexity index is 2910. The molecule has 9 aromatic carbocycles. The molecule has 0 saturated carbocycles. The Morgan fingerprint density at radius 3 is 1.33 bits per heavy atom. The number of hydrogen-bond donors (Lipinski definition) is 0. The smallest absolute Gasteiger partial charge is 0.0542 e. The van der Waals surface area contributed by atoms with Crippen molar-refractivity contribution in [3.05, 3.63) is 205 Å². The largest absolute Gasteiger partial charge is 0.310 e. The van der Waals surface area contributed by atoms with Crippen LogP contribution in [0.2, 0.25) is 0 Å². The fraction of sp³-hybridized carbons (Fsp3) is 0.0385. The van der Waals surface area contributed by atoms with E-state index in [1.165, 1.54) is 76.7 Å². The molecule has 1 heterocycles. The van der Waals surface area contributed by atoms with Gasteiger partial charge in [-0.25, -0.2) is 0 Å². The highest BCUT2D eigenvalue weighted by Gasteiger charge is 2.19. The predicted octanol–water partition coefficient (Wildman–Crippen LogP) is 14.5. The molecule has 0 amide bonds. The van der Waals surface area contributed by atoms with E-state index in [0.29, 0.717) is 0 Å². The van der Waals surface area contributed by atoms with Gasteiger partial charge < -0.3 is 9.47 Å². The summed E-state index contributed by atoms with van der Waals surface area (Å²) in [4.78, 5) is 2.35. The third-order valence-corrected chi connectivity index (χ3v) is 10.9. The van der Waals surface area contributed by atoms with Crippen LogP contribution in [0, 0.1) is 13.8 Å². The Labute approximate surface area is 315 Å². The third kappa shape index (κ3) is 5.26. The van der Waals surface area contributed by atoms with Crippen molar-refractivity contribution in [2.45, 2.75) is 13.8 Å². The molecule has 0 unspecified atom stereocenters. The molecule has 0 radical (unpaired) electrons. The lowest BCUT2D eigenvalue weighted by Crippen LogP contribution is -2.09. The van der Waals surface area contributed by atoms with E-state index in [9.17, 15) is 0 Å². The second-order valence-corrected chi connectivity index (χ2v) is 14.3. The molecule has 2 heteroatoms. The zero-order valence-electron chi connectivity index (χ0n) is 30.4. The minimum atomic E-state index is 1.13. The lowest BCUT2D eigenvalue weighted by atomic mass is 9.86. The van der Waals surface area contributed by atoms with E-state index in [1.807, 2.05) is 0 Å². The Morgan fingerprint density at radius 2 is 0.759 bits per heavy atom. The van der Waals surface area contributed by atoms with E-state index in [0.717, 1.165) is 22.7 Å². The number of hydrogen-bond acceptors (Lipinski definition) is 1. The molecule has 0 aliphatic carbocycles. The second kappa shape index (κ2) is 12.9. The van der Waals surface area contributed by atoms with Gasteiger partial charge in [0.1, 0.15) is 0 Å². The van der Waals surface area contributed by atoms with E-state index in [4.69, 9.17) is 0 Å². The number of anilines is 3. The summed E-state index contributed by atoms with van der Waals surface area (Å²) in [7, 11) is 0. The van der Waals surface area contributed by atoms with Crippen LogP contribution in [0.1, 0.15) is 11.1 Å². The number of aryl methyl sites for hydroxylation is 2. The van der Waals surface area contributed by atoms with Crippen molar-refractivity contribution in [1.82, 2.24) is 4.57 Å². The first kappa shape index (κ1) is 31.8. The van der Waals surface area contributed by atoms with Crippen molar-refractivity contribution in [3.63, 3.8) is 0 Å². The minimum Gasteiger partial charge on any atom is -0.310 e. The first-order valence-electron chi connectivity index (χ1n) is 18.7. The summed E-state index contributed by atoms with van der Waals surface area (Å²) in [5.74, 6) is 0. The zero-order chi connectivity index (χ0) is 36.2. The summed E-state index contributed by atoms with van der Waals surface area (Å²) in [6, 6.07) is 71.0. The quantitative estimate of drug-likeness (QED) is 0.158. The van der Waals surface area contributed by atoms with Crippen LogP contribution in [0.4, 0.5) is 17.1 Å². The maximum atomic E-state index is 2.41. The van der Waals surface area contributed by atoms with Crippen LogP contribution in [0.25, 0.3) is 71.3 Å². The molecule has 10 rings (SSSR count). The van der Waals surface area contributed by atoms with Gasteiger partial charge in [-0.15, -0.1) is 0 Å². The lowest BCUT2D eigenvalue weighted by molar-refractivity contribution is 1.18. The summed E-state index contributed by atoms with van der Waals surface area (Å²) in [6.07, 6.45) is 0. The first-order valence-corrected chi connectivity index (χ1v) is 18.7. The number of para-hydroxylation sites is 2. The normalized spacial score (nSPS) is 11.5. The fourth-order valence-electron chi connectivity index (χ4n) is 8.34. The van der Waals surface area contributed by atoms with Crippen molar-refractivity contribution in [3.8, 4) is 27.9 Å². The second-order valence-electron chi connectivity index (χ2n) is 14.3. The monoisotopic (exact) mass is 690 g/mol. The van der Waals surface area contributed by atoms with Crippen molar-refractivity contribution < 1.29 is 0 Å². The Kier molecular flexibility index (Phi) is 7.63. The Balaban J connectivity index is 1.13. The van der Waals surface area contributed by atoms with Gasteiger partial charge in [-0.3, -0.25) is 0 Å². The van der Waals surface area contributed by atoms with Crippen LogP contribution in [0.3, 0.4) is 0 Å². The van der Waals surface area contributed by atoms with Gasteiger partial charge >= 0.3 is 0 Å². The molecular formula is C52H38N2. The fourth-order valence-corrected chi connectivity index (χ4v) is 8.34. The van der Waals surface area contributed by atoms with Crippen LogP contribution < -0.4 is 4.90 Å². The Morgan fingerprint density at radius 1 is 0.333 bits per heavy atom. The van der Waals surface area contributed by atoms with E-state index in [2.05, 4.69) is 217 Å². The number of fused-ring (bicyclic) bond motifs is 5. The van der Waals surface area contributed by atoms with Gasteiger partial charge in [0, 0.05) is 33.5 Å². The van der Waals surface area contributed by atoms with Gasteiger partial charge in [0.05, 0.1) is 11.0 Å². The molecule has 0 spiro atoms. The standard InChI is InChI=1S/C52H38N2/c1-35-20-24-37(25-21-35)51-44-15-6-8-17-46(44)52(47-18-9-7-16-45(47)51)38-26-30-41(31-27-38)54-49-19-11-10-14-43(49)48-34-42(32-33-50(48)54)53(39-12-4-3-5-13-39)40-28-22-36(2)23-29-40/h3-34H,1-2H3. The number of aromatic nitrogens is 1. The van der Waals surface area contributed by atoms with Crippen LogP contribution in [-0.2, 0) is 0 Å². The van der Waals surface area contributed by atoms with E-state index < -0.39 is 0 Å². The average molecular weight is 691 g/mol. The summed E-state index contributed by atoms with van der Waals surface area (Å²) in [6.45, 7) is 4.28.